The predicted octanol–water partition coefficient (Wildman–Crippen LogP) is 4.45. The first kappa shape index (κ1) is 19.3. The number of rotatable bonds is 4. The molecular formula is C23H24ClN5O. The lowest BCUT2D eigenvalue weighted by Gasteiger charge is -2.20. The molecule has 1 aliphatic rings. The number of hydrogen-bond acceptors (Lipinski definition) is 5. The SMILES string of the molecule is CN1CCCN(Cc2c(-c3ccc(Cl)cc3)nc3ccc(-c4cnco4)cn23)CC1. The summed E-state index contributed by atoms with van der Waals surface area (Å²) in [5.74, 6) is 0.751. The van der Waals surface area contributed by atoms with Crippen molar-refractivity contribution in [2.24, 2.45) is 0 Å². The Morgan fingerprint density at radius 1 is 1.00 bits per heavy atom. The summed E-state index contributed by atoms with van der Waals surface area (Å²) in [7, 11) is 2.19. The fourth-order valence-electron chi connectivity index (χ4n) is 4.06. The summed E-state index contributed by atoms with van der Waals surface area (Å²) in [6.07, 6.45) is 6.47. The molecule has 5 rings (SSSR count). The third-order valence-corrected chi connectivity index (χ3v) is 5.99. The van der Waals surface area contributed by atoms with E-state index in [-0.39, 0.29) is 0 Å². The van der Waals surface area contributed by atoms with Crippen LogP contribution in [0.5, 0.6) is 0 Å². The van der Waals surface area contributed by atoms with Gasteiger partial charge in [0.1, 0.15) is 5.65 Å². The van der Waals surface area contributed by atoms with E-state index in [0.717, 1.165) is 66.0 Å². The van der Waals surface area contributed by atoms with E-state index in [0.29, 0.717) is 0 Å². The molecule has 0 atom stereocenters. The average molecular weight is 422 g/mol. The molecule has 4 aromatic rings. The Bertz CT molecular complexity index is 1140. The van der Waals surface area contributed by atoms with Gasteiger partial charge in [0.2, 0.25) is 0 Å². The summed E-state index contributed by atoms with van der Waals surface area (Å²) in [6.45, 7) is 5.19. The molecule has 0 unspecified atom stereocenters. The third kappa shape index (κ3) is 3.86. The van der Waals surface area contributed by atoms with Gasteiger partial charge in [-0.1, -0.05) is 23.7 Å². The topological polar surface area (TPSA) is 49.8 Å². The van der Waals surface area contributed by atoms with Gasteiger partial charge < -0.3 is 13.7 Å². The number of nitrogens with zero attached hydrogens (tertiary/aromatic N) is 5. The van der Waals surface area contributed by atoms with E-state index in [9.17, 15) is 0 Å². The van der Waals surface area contributed by atoms with Crippen LogP contribution in [-0.2, 0) is 6.54 Å². The molecule has 30 heavy (non-hydrogen) atoms. The summed E-state index contributed by atoms with van der Waals surface area (Å²) >= 11 is 6.13. The normalized spacial score (nSPS) is 16.2. The second-order valence-corrected chi connectivity index (χ2v) is 8.30. The minimum Gasteiger partial charge on any atom is -0.443 e. The van der Waals surface area contributed by atoms with Crippen molar-refractivity contribution in [2.45, 2.75) is 13.0 Å². The van der Waals surface area contributed by atoms with Crippen LogP contribution in [0.1, 0.15) is 12.1 Å². The van der Waals surface area contributed by atoms with E-state index in [1.54, 1.807) is 6.20 Å². The second kappa shape index (κ2) is 8.22. The van der Waals surface area contributed by atoms with Gasteiger partial charge in [0.25, 0.3) is 0 Å². The smallest absolute Gasteiger partial charge is 0.181 e. The number of aromatic nitrogens is 3. The molecule has 0 saturated carbocycles. The molecule has 6 nitrogen and oxygen atoms in total. The quantitative estimate of drug-likeness (QED) is 0.487. The molecule has 1 saturated heterocycles. The molecule has 7 heteroatoms. The lowest BCUT2D eigenvalue weighted by Crippen LogP contribution is -2.29. The first-order valence-electron chi connectivity index (χ1n) is 10.2. The van der Waals surface area contributed by atoms with Crippen LogP contribution >= 0.6 is 11.6 Å². The van der Waals surface area contributed by atoms with Crippen LogP contribution in [0.25, 0.3) is 28.2 Å². The highest BCUT2D eigenvalue weighted by Crippen LogP contribution is 2.29. The summed E-state index contributed by atoms with van der Waals surface area (Å²) in [4.78, 5) is 14.0. The molecule has 1 fully saturated rings. The Morgan fingerprint density at radius 2 is 1.83 bits per heavy atom. The van der Waals surface area contributed by atoms with Crippen LogP contribution in [0.4, 0.5) is 0 Å². The van der Waals surface area contributed by atoms with Gasteiger partial charge in [-0.25, -0.2) is 9.97 Å². The second-order valence-electron chi connectivity index (χ2n) is 7.86. The lowest BCUT2D eigenvalue weighted by molar-refractivity contribution is 0.266. The Kier molecular flexibility index (Phi) is 5.29. The standard InChI is InChI=1S/C23H24ClN5O/c1-27-9-2-10-28(12-11-27)15-20-23(17-3-6-19(24)7-4-17)26-22-8-5-18(14-29(20)22)21-13-25-16-30-21/h3-8,13-14,16H,2,9-12,15H2,1H3. The summed E-state index contributed by atoms with van der Waals surface area (Å²) in [6, 6.07) is 12.0. The first-order valence-corrected chi connectivity index (χ1v) is 10.6. The maximum absolute atomic E-state index is 6.13. The van der Waals surface area contributed by atoms with Crippen LogP contribution in [0.15, 0.2) is 59.6 Å². The fourth-order valence-corrected chi connectivity index (χ4v) is 4.18. The van der Waals surface area contributed by atoms with Crippen molar-refractivity contribution in [3.8, 4) is 22.6 Å². The predicted molar refractivity (Wildman–Crippen MR) is 119 cm³/mol. The third-order valence-electron chi connectivity index (χ3n) is 5.74. The van der Waals surface area contributed by atoms with Crippen molar-refractivity contribution in [1.29, 1.82) is 0 Å². The summed E-state index contributed by atoms with van der Waals surface area (Å²) in [5, 5.41) is 0.729. The van der Waals surface area contributed by atoms with E-state index in [4.69, 9.17) is 21.0 Å². The number of pyridine rings is 1. The van der Waals surface area contributed by atoms with Gasteiger partial charge in [-0.2, -0.15) is 0 Å². The molecule has 154 valence electrons. The number of oxazole rings is 1. The van der Waals surface area contributed by atoms with E-state index in [1.807, 2.05) is 36.4 Å². The maximum Gasteiger partial charge on any atom is 0.181 e. The zero-order valence-electron chi connectivity index (χ0n) is 17.0. The zero-order chi connectivity index (χ0) is 20.5. The number of fused-ring (bicyclic) bond motifs is 1. The van der Waals surface area contributed by atoms with Gasteiger partial charge in [0.15, 0.2) is 12.2 Å². The van der Waals surface area contributed by atoms with Crippen molar-refractivity contribution < 1.29 is 4.42 Å². The van der Waals surface area contributed by atoms with Gasteiger partial charge in [0.05, 0.1) is 17.6 Å². The van der Waals surface area contributed by atoms with Crippen LogP contribution in [0.3, 0.4) is 0 Å². The Labute approximate surface area is 180 Å². The Balaban J connectivity index is 1.60. The van der Waals surface area contributed by atoms with E-state index in [1.165, 1.54) is 18.5 Å². The Hall–Kier alpha value is -2.67. The molecule has 1 aliphatic heterocycles. The molecule has 0 bridgehead atoms. The molecule has 3 aromatic heterocycles. The Morgan fingerprint density at radius 3 is 2.63 bits per heavy atom. The molecule has 0 spiro atoms. The van der Waals surface area contributed by atoms with Crippen LogP contribution in [-0.4, -0.2) is 57.4 Å². The number of likely N-dealkylation sites (N-methyl/N-ethyl adjacent to an activating group) is 1. The number of benzene rings is 1. The lowest BCUT2D eigenvalue weighted by atomic mass is 10.1. The molecule has 0 amide bonds. The maximum atomic E-state index is 6.13. The molecular weight excluding hydrogens is 398 g/mol. The van der Waals surface area contributed by atoms with Gasteiger partial charge in [0, 0.05) is 42.0 Å². The van der Waals surface area contributed by atoms with Crippen LogP contribution in [0.2, 0.25) is 5.02 Å². The van der Waals surface area contributed by atoms with Gasteiger partial charge in [-0.05, 0) is 50.8 Å². The van der Waals surface area contributed by atoms with E-state index < -0.39 is 0 Å². The van der Waals surface area contributed by atoms with E-state index in [2.05, 4.69) is 32.4 Å². The minimum absolute atomic E-state index is 0.729. The molecule has 1 aromatic carbocycles. The molecule has 4 heterocycles. The van der Waals surface area contributed by atoms with Crippen molar-refractivity contribution in [2.75, 3.05) is 33.2 Å². The largest absolute Gasteiger partial charge is 0.443 e. The van der Waals surface area contributed by atoms with Gasteiger partial charge in [-0.3, -0.25) is 4.90 Å². The average Bonchev–Trinajstić information content (AvgIpc) is 3.35. The molecule has 0 radical (unpaired) electrons. The first-order chi connectivity index (χ1) is 14.7. The van der Waals surface area contributed by atoms with Gasteiger partial charge >= 0.3 is 0 Å². The van der Waals surface area contributed by atoms with Crippen LogP contribution < -0.4 is 0 Å². The number of hydrogen-bond donors (Lipinski definition) is 0. The summed E-state index contributed by atoms with van der Waals surface area (Å²) in [5.41, 5.74) is 5.16. The zero-order valence-corrected chi connectivity index (χ0v) is 17.7. The van der Waals surface area contributed by atoms with Gasteiger partial charge in [-0.15, -0.1) is 0 Å². The fraction of sp³-hybridized carbons (Fsp3) is 0.304. The highest BCUT2D eigenvalue weighted by atomic mass is 35.5. The molecule has 0 aliphatic carbocycles. The van der Waals surface area contributed by atoms with Crippen molar-refractivity contribution in [3.05, 3.63) is 65.9 Å². The highest BCUT2D eigenvalue weighted by Gasteiger charge is 2.20. The highest BCUT2D eigenvalue weighted by molar-refractivity contribution is 6.30. The van der Waals surface area contributed by atoms with Crippen molar-refractivity contribution in [1.82, 2.24) is 24.2 Å². The number of imidazole rings is 1. The van der Waals surface area contributed by atoms with Crippen LogP contribution in [0, 0.1) is 0 Å². The number of halogens is 1. The van der Waals surface area contributed by atoms with E-state index >= 15 is 0 Å². The monoisotopic (exact) mass is 421 g/mol. The van der Waals surface area contributed by atoms with Crippen molar-refractivity contribution in [3.63, 3.8) is 0 Å². The minimum atomic E-state index is 0.729. The molecule has 0 N–H and O–H groups in total. The van der Waals surface area contributed by atoms with Crippen molar-refractivity contribution >= 4 is 17.2 Å². The summed E-state index contributed by atoms with van der Waals surface area (Å²) < 4.78 is 7.71.